The van der Waals surface area contributed by atoms with Gasteiger partial charge in [0.2, 0.25) is 15.9 Å². The fourth-order valence-electron chi connectivity index (χ4n) is 3.16. The quantitative estimate of drug-likeness (QED) is 0.850. The van der Waals surface area contributed by atoms with Gasteiger partial charge in [-0.05, 0) is 11.6 Å². The molecule has 0 saturated carbocycles. The van der Waals surface area contributed by atoms with Gasteiger partial charge in [0.15, 0.2) is 0 Å². The van der Waals surface area contributed by atoms with Crippen LogP contribution in [0.25, 0.3) is 0 Å². The van der Waals surface area contributed by atoms with Crippen molar-refractivity contribution in [1.82, 2.24) is 5.01 Å². The van der Waals surface area contributed by atoms with Crippen LogP contribution in [0.2, 0.25) is 0 Å². The monoisotopic (exact) mass is 399 g/mol. The average molecular weight is 400 g/mol. The Morgan fingerprint density at radius 1 is 1.07 bits per heavy atom. The van der Waals surface area contributed by atoms with E-state index in [0.717, 1.165) is 11.8 Å². The summed E-state index contributed by atoms with van der Waals surface area (Å²) in [4.78, 5) is 13.0. The van der Waals surface area contributed by atoms with Crippen molar-refractivity contribution in [3.8, 4) is 0 Å². The summed E-state index contributed by atoms with van der Waals surface area (Å²) < 4.78 is 26.0. The zero-order valence-corrected chi connectivity index (χ0v) is 17.3. The first-order valence-electron chi connectivity index (χ1n) is 9.09. The number of benzene rings is 2. The van der Waals surface area contributed by atoms with Gasteiger partial charge in [0.1, 0.15) is 0 Å². The number of hydrogen-bond acceptors (Lipinski definition) is 4. The van der Waals surface area contributed by atoms with Crippen LogP contribution >= 0.6 is 0 Å². The van der Waals surface area contributed by atoms with Gasteiger partial charge in [-0.1, -0.05) is 69.3 Å². The number of amides is 1. The number of rotatable bonds is 4. The van der Waals surface area contributed by atoms with E-state index in [2.05, 4.69) is 9.82 Å². The summed E-state index contributed by atoms with van der Waals surface area (Å²) in [6.45, 7) is 5.60. The smallest absolute Gasteiger partial charge is 0.248 e. The molecule has 0 aromatic heterocycles. The van der Waals surface area contributed by atoms with Crippen molar-refractivity contribution in [2.75, 3.05) is 11.0 Å². The van der Waals surface area contributed by atoms with Crippen molar-refractivity contribution in [2.45, 2.75) is 33.2 Å². The van der Waals surface area contributed by atoms with Gasteiger partial charge in [0, 0.05) is 17.4 Å². The molecule has 1 heterocycles. The molecule has 1 aliphatic rings. The van der Waals surface area contributed by atoms with Gasteiger partial charge in [-0.25, -0.2) is 13.4 Å². The first kappa shape index (κ1) is 20.1. The summed E-state index contributed by atoms with van der Waals surface area (Å²) in [6.07, 6.45) is 1.62. The molecular weight excluding hydrogens is 374 g/mol. The van der Waals surface area contributed by atoms with Gasteiger partial charge in [-0.2, -0.15) is 5.10 Å². The highest BCUT2D eigenvalue weighted by molar-refractivity contribution is 7.92. The standard InChI is InChI=1S/C21H25N3O3S/c1-21(2,3)20(25)24-19(15-10-6-5-7-11-15)14-18(22-24)16-12-8-9-13-17(16)23-28(4,26)27/h5-13,19,23H,14H2,1-4H3/t19-/m0/s1. The minimum absolute atomic E-state index is 0.0788. The van der Waals surface area contributed by atoms with E-state index in [4.69, 9.17) is 0 Å². The highest BCUT2D eigenvalue weighted by Crippen LogP contribution is 2.37. The molecule has 7 heteroatoms. The van der Waals surface area contributed by atoms with Gasteiger partial charge in [-0.15, -0.1) is 0 Å². The topological polar surface area (TPSA) is 78.8 Å². The van der Waals surface area contributed by atoms with E-state index < -0.39 is 15.4 Å². The molecule has 0 saturated heterocycles. The largest absolute Gasteiger partial charge is 0.283 e. The van der Waals surface area contributed by atoms with E-state index in [1.165, 1.54) is 0 Å². The van der Waals surface area contributed by atoms with Crippen LogP contribution in [0.5, 0.6) is 0 Å². The zero-order valence-electron chi connectivity index (χ0n) is 16.5. The molecule has 1 atom stereocenters. The van der Waals surface area contributed by atoms with Crippen molar-refractivity contribution < 1.29 is 13.2 Å². The van der Waals surface area contributed by atoms with E-state index in [1.807, 2.05) is 63.2 Å². The van der Waals surface area contributed by atoms with Gasteiger partial charge >= 0.3 is 0 Å². The first-order valence-corrected chi connectivity index (χ1v) is 11.0. The summed E-state index contributed by atoms with van der Waals surface area (Å²) in [7, 11) is -3.43. The van der Waals surface area contributed by atoms with Gasteiger partial charge in [0.25, 0.3) is 0 Å². The van der Waals surface area contributed by atoms with Crippen LogP contribution in [-0.4, -0.2) is 31.3 Å². The summed E-state index contributed by atoms with van der Waals surface area (Å²) in [5, 5.41) is 6.18. The fourth-order valence-corrected chi connectivity index (χ4v) is 3.74. The van der Waals surface area contributed by atoms with E-state index in [9.17, 15) is 13.2 Å². The molecule has 1 N–H and O–H groups in total. The molecule has 1 aliphatic heterocycles. The van der Waals surface area contributed by atoms with Gasteiger partial charge in [-0.3, -0.25) is 9.52 Å². The molecule has 3 rings (SSSR count). The van der Waals surface area contributed by atoms with Crippen molar-refractivity contribution in [1.29, 1.82) is 0 Å². The summed E-state index contributed by atoms with van der Waals surface area (Å²) in [6, 6.07) is 16.6. The molecular formula is C21H25N3O3S. The fraction of sp³-hybridized carbons (Fsp3) is 0.333. The number of nitrogens with one attached hydrogen (secondary N) is 1. The predicted molar refractivity (Wildman–Crippen MR) is 112 cm³/mol. The number of hydrazone groups is 1. The minimum Gasteiger partial charge on any atom is -0.283 e. The number of sulfonamides is 1. The Morgan fingerprint density at radius 2 is 1.68 bits per heavy atom. The number of carbonyl (C=O) groups excluding carboxylic acids is 1. The Hall–Kier alpha value is -2.67. The lowest BCUT2D eigenvalue weighted by atomic mass is 9.93. The van der Waals surface area contributed by atoms with Crippen molar-refractivity contribution in [3.05, 3.63) is 65.7 Å². The Bertz CT molecular complexity index is 1010. The number of nitrogens with zero attached hydrogens (tertiary/aromatic N) is 2. The molecule has 0 bridgehead atoms. The predicted octanol–water partition coefficient (Wildman–Crippen LogP) is 3.78. The van der Waals surface area contributed by atoms with Gasteiger partial charge in [0.05, 0.1) is 23.7 Å². The summed E-state index contributed by atoms with van der Waals surface area (Å²) in [5.41, 5.74) is 2.22. The van der Waals surface area contributed by atoms with Crippen LogP contribution in [0.3, 0.4) is 0 Å². The average Bonchev–Trinajstić information content (AvgIpc) is 3.05. The molecule has 148 valence electrons. The van der Waals surface area contributed by atoms with E-state index >= 15 is 0 Å². The maximum absolute atomic E-state index is 13.0. The van der Waals surface area contributed by atoms with E-state index in [0.29, 0.717) is 23.4 Å². The summed E-state index contributed by atoms with van der Waals surface area (Å²) >= 11 is 0. The molecule has 2 aromatic carbocycles. The Kier molecular flexibility index (Phi) is 5.30. The number of hydrogen-bond donors (Lipinski definition) is 1. The Labute approximate surface area is 166 Å². The lowest BCUT2D eigenvalue weighted by Crippen LogP contribution is -2.36. The zero-order chi connectivity index (χ0) is 20.5. The minimum atomic E-state index is -3.43. The third-order valence-corrected chi connectivity index (χ3v) is 5.07. The molecule has 0 aliphatic carbocycles. The molecule has 1 amide bonds. The Morgan fingerprint density at radius 3 is 2.29 bits per heavy atom. The Balaban J connectivity index is 2.05. The molecule has 2 aromatic rings. The van der Waals surface area contributed by atoms with Crippen LogP contribution < -0.4 is 4.72 Å². The normalized spacial score (nSPS) is 17.4. The molecule has 0 fully saturated rings. The van der Waals surface area contributed by atoms with Gasteiger partial charge < -0.3 is 0 Å². The lowest BCUT2D eigenvalue weighted by Gasteiger charge is -2.28. The van der Waals surface area contributed by atoms with Crippen LogP contribution in [0.15, 0.2) is 59.7 Å². The van der Waals surface area contributed by atoms with Crippen molar-refractivity contribution in [3.63, 3.8) is 0 Å². The maximum atomic E-state index is 13.0. The molecule has 0 radical (unpaired) electrons. The third-order valence-electron chi connectivity index (χ3n) is 4.48. The van der Waals surface area contributed by atoms with Crippen LogP contribution in [-0.2, 0) is 14.8 Å². The molecule has 6 nitrogen and oxygen atoms in total. The molecule has 0 unspecified atom stereocenters. The first-order chi connectivity index (χ1) is 13.1. The summed E-state index contributed by atoms with van der Waals surface area (Å²) in [5.74, 6) is -0.0788. The van der Waals surface area contributed by atoms with Crippen LogP contribution in [0.1, 0.15) is 44.4 Å². The number of carbonyl (C=O) groups is 1. The van der Waals surface area contributed by atoms with Crippen molar-refractivity contribution in [2.24, 2.45) is 10.5 Å². The molecule has 0 spiro atoms. The second kappa shape index (κ2) is 7.39. The maximum Gasteiger partial charge on any atom is 0.248 e. The van der Waals surface area contributed by atoms with Crippen LogP contribution in [0.4, 0.5) is 5.69 Å². The van der Waals surface area contributed by atoms with Crippen molar-refractivity contribution >= 4 is 27.3 Å². The van der Waals surface area contributed by atoms with Crippen LogP contribution in [0, 0.1) is 5.41 Å². The second-order valence-electron chi connectivity index (χ2n) is 8.00. The lowest BCUT2D eigenvalue weighted by molar-refractivity contribution is -0.141. The van der Waals surface area contributed by atoms with E-state index in [1.54, 1.807) is 17.1 Å². The van der Waals surface area contributed by atoms with E-state index in [-0.39, 0.29) is 11.9 Å². The number of anilines is 1. The SMILES string of the molecule is CC(C)(C)C(=O)N1N=C(c2ccccc2NS(C)(=O)=O)C[C@H]1c1ccccc1. The number of para-hydroxylation sites is 1. The second-order valence-corrected chi connectivity index (χ2v) is 9.75. The molecule has 28 heavy (non-hydrogen) atoms. The highest BCUT2D eigenvalue weighted by atomic mass is 32.2. The third kappa shape index (κ3) is 4.42. The highest BCUT2D eigenvalue weighted by Gasteiger charge is 2.38.